The Morgan fingerprint density at radius 2 is 1.67 bits per heavy atom. The number of rotatable bonds is 7. The summed E-state index contributed by atoms with van der Waals surface area (Å²) in [5.41, 5.74) is 2.21. The normalized spacial score (nSPS) is 11.2. The maximum absolute atomic E-state index is 12.9. The Labute approximate surface area is 142 Å². The summed E-state index contributed by atoms with van der Waals surface area (Å²) in [4.78, 5) is 4.52. The van der Waals surface area contributed by atoms with Crippen LogP contribution in [0.25, 0.3) is 0 Å². The zero-order valence-corrected chi connectivity index (χ0v) is 14.2. The molecule has 0 saturated carbocycles. The Hall–Kier alpha value is -2.56. The number of hydrogen-bond acceptors (Lipinski definition) is 2. The van der Waals surface area contributed by atoms with Crippen LogP contribution in [-0.2, 0) is 13.0 Å². The fourth-order valence-corrected chi connectivity index (χ4v) is 2.22. The van der Waals surface area contributed by atoms with Crippen LogP contribution >= 0.6 is 0 Å². The predicted molar refractivity (Wildman–Crippen MR) is 95.9 cm³/mol. The minimum absolute atomic E-state index is 0.229. The van der Waals surface area contributed by atoms with Gasteiger partial charge in [-0.3, -0.25) is 0 Å². The number of hydrogen-bond donors (Lipinski definition) is 2. The van der Waals surface area contributed by atoms with E-state index in [2.05, 4.69) is 27.8 Å². The first-order chi connectivity index (χ1) is 11.7. The van der Waals surface area contributed by atoms with Gasteiger partial charge in [0, 0.05) is 13.1 Å². The van der Waals surface area contributed by atoms with Crippen molar-refractivity contribution in [3.05, 3.63) is 65.5 Å². The number of methoxy groups -OCH3 is 1. The molecule has 0 radical (unpaired) electrons. The van der Waals surface area contributed by atoms with Gasteiger partial charge >= 0.3 is 0 Å². The summed E-state index contributed by atoms with van der Waals surface area (Å²) < 4.78 is 18.1. The van der Waals surface area contributed by atoms with Crippen molar-refractivity contribution >= 4 is 5.96 Å². The van der Waals surface area contributed by atoms with Gasteiger partial charge in [0.05, 0.1) is 13.7 Å². The molecule has 4 nitrogen and oxygen atoms in total. The zero-order chi connectivity index (χ0) is 17.2. The number of guanidine groups is 1. The van der Waals surface area contributed by atoms with E-state index >= 15 is 0 Å². The quantitative estimate of drug-likeness (QED) is 0.606. The first kappa shape index (κ1) is 17.8. The fourth-order valence-electron chi connectivity index (χ4n) is 2.22. The minimum Gasteiger partial charge on any atom is -0.497 e. The number of ether oxygens (including phenoxy) is 1. The van der Waals surface area contributed by atoms with E-state index in [1.807, 2.05) is 19.1 Å². The largest absolute Gasteiger partial charge is 0.497 e. The fraction of sp³-hybridized carbons (Fsp3) is 0.316. The molecule has 0 aromatic heterocycles. The smallest absolute Gasteiger partial charge is 0.191 e. The van der Waals surface area contributed by atoms with Gasteiger partial charge in [-0.15, -0.1) is 0 Å². The Balaban J connectivity index is 1.85. The number of nitrogens with one attached hydrogen (secondary N) is 2. The van der Waals surface area contributed by atoms with Crippen molar-refractivity contribution in [3.8, 4) is 5.75 Å². The van der Waals surface area contributed by atoms with Gasteiger partial charge < -0.3 is 15.4 Å². The molecule has 0 heterocycles. The maximum Gasteiger partial charge on any atom is 0.191 e. The lowest BCUT2D eigenvalue weighted by molar-refractivity contribution is 0.414. The zero-order valence-electron chi connectivity index (χ0n) is 14.2. The molecule has 0 spiro atoms. The van der Waals surface area contributed by atoms with E-state index < -0.39 is 0 Å². The van der Waals surface area contributed by atoms with Crippen LogP contribution in [0.5, 0.6) is 5.75 Å². The second kappa shape index (κ2) is 9.55. The van der Waals surface area contributed by atoms with Crippen LogP contribution < -0.4 is 15.4 Å². The third-order valence-electron chi connectivity index (χ3n) is 3.54. The molecule has 0 aliphatic heterocycles. The Bertz CT molecular complexity index is 639. The number of benzene rings is 2. The van der Waals surface area contributed by atoms with Gasteiger partial charge in [-0.05, 0) is 48.7 Å². The van der Waals surface area contributed by atoms with Crippen LogP contribution in [0.2, 0.25) is 0 Å². The summed E-state index contributed by atoms with van der Waals surface area (Å²) in [7, 11) is 1.66. The van der Waals surface area contributed by atoms with Crippen molar-refractivity contribution in [2.75, 3.05) is 20.2 Å². The summed E-state index contributed by atoms with van der Waals surface area (Å²) in [5.74, 6) is 1.39. The van der Waals surface area contributed by atoms with Gasteiger partial charge in [-0.1, -0.05) is 24.3 Å². The third kappa shape index (κ3) is 5.91. The third-order valence-corrected chi connectivity index (χ3v) is 3.54. The summed E-state index contributed by atoms with van der Waals surface area (Å²) >= 11 is 0. The molecular weight excluding hydrogens is 305 g/mol. The number of halogens is 1. The monoisotopic (exact) mass is 329 g/mol. The van der Waals surface area contributed by atoms with E-state index in [1.165, 1.54) is 17.7 Å². The average molecular weight is 329 g/mol. The maximum atomic E-state index is 12.9. The molecule has 0 amide bonds. The van der Waals surface area contributed by atoms with Gasteiger partial charge in [-0.2, -0.15) is 0 Å². The van der Waals surface area contributed by atoms with Crippen molar-refractivity contribution in [1.29, 1.82) is 0 Å². The molecule has 2 rings (SSSR count). The van der Waals surface area contributed by atoms with Gasteiger partial charge in [0.2, 0.25) is 0 Å². The summed E-state index contributed by atoms with van der Waals surface area (Å²) in [6.07, 6.45) is 0.894. The van der Waals surface area contributed by atoms with Crippen molar-refractivity contribution in [3.63, 3.8) is 0 Å². The van der Waals surface area contributed by atoms with E-state index in [1.54, 1.807) is 19.2 Å². The highest BCUT2D eigenvalue weighted by atomic mass is 19.1. The lowest BCUT2D eigenvalue weighted by atomic mass is 10.1. The SMILES string of the molecule is CCNC(=NCc1ccc(F)cc1)NCCc1ccc(OC)cc1. The first-order valence-electron chi connectivity index (χ1n) is 8.11. The molecular formula is C19H24FN3O. The van der Waals surface area contributed by atoms with Crippen LogP contribution in [0.4, 0.5) is 4.39 Å². The molecule has 128 valence electrons. The lowest BCUT2D eigenvalue weighted by Gasteiger charge is -2.11. The Morgan fingerprint density at radius 1 is 1.00 bits per heavy atom. The molecule has 0 saturated heterocycles. The van der Waals surface area contributed by atoms with Crippen molar-refractivity contribution in [1.82, 2.24) is 10.6 Å². The van der Waals surface area contributed by atoms with Gasteiger partial charge in [0.25, 0.3) is 0 Å². The van der Waals surface area contributed by atoms with Crippen molar-refractivity contribution in [2.45, 2.75) is 19.9 Å². The molecule has 0 fully saturated rings. The molecule has 0 unspecified atom stereocenters. The van der Waals surface area contributed by atoms with Crippen LogP contribution in [0.1, 0.15) is 18.1 Å². The molecule has 2 aromatic rings. The van der Waals surface area contributed by atoms with E-state index in [-0.39, 0.29) is 5.82 Å². The second-order valence-electron chi connectivity index (χ2n) is 5.35. The van der Waals surface area contributed by atoms with Crippen molar-refractivity contribution in [2.24, 2.45) is 4.99 Å². The van der Waals surface area contributed by atoms with Gasteiger partial charge in [-0.25, -0.2) is 9.38 Å². The van der Waals surface area contributed by atoms with Crippen LogP contribution in [-0.4, -0.2) is 26.2 Å². The van der Waals surface area contributed by atoms with Gasteiger partial charge in [0.1, 0.15) is 11.6 Å². The molecule has 0 aliphatic rings. The van der Waals surface area contributed by atoms with Crippen LogP contribution in [0.15, 0.2) is 53.5 Å². The minimum atomic E-state index is -0.229. The van der Waals surface area contributed by atoms with Crippen molar-refractivity contribution < 1.29 is 9.13 Å². The highest BCUT2D eigenvalue weighted by molar-refractivity contribution is 5.79. The van der Waals surface area contributed by atoms with E-state index in [4.69, 9.17) is 4.74 Å². The number of aliphatic imine (C=N–C) groups is 1. The highest BCUT2D eigenvalue weighted by Crippen LogP contribution is 2.11. The Kier molecular flexibility index (Phi) is 7.08. The molecule has 5 heteroatoms. The first-order valence-corrected chi connectivity index (χ1v) is 8.11. The summed E-state index contributed by atoms with van der Waals surface area (Å²) in [6, 6.07) is 14.4. The number of nitrogens with zero attached hydrogens (tertiary/aromatic N) is 1. The molecule has 24 heavy (non-hydrogen) atoms. The molecule has 2 N–H and O–H groups in total. The molecule has 0 aliphatic carbocycles. The molecule has 0 bridgehead atoms. The van der Waals surface area contributed by atoms with Crippen LogP contribution in [0, 0.1) is 5.82 Å². The lowest BCUT2D eigenvalue weighted by Crippen LogP contribution is -2.38. The summed E-state index contributed by atoms with van der Waals surface area (Å²) in [6.45, 7) is 4.11. The standard InChI is InChI=1S/C19H24FN3O/c1-3-21-19(23-14-16-4-8-17(20)9-5-16)22-13-12-15-6-10-18(24-2)11-7-15/h4-11H,3,12-14H2,1-2H3,(H2,21,22,23). The van der Waals surface area contributed by atoms with E-state index in [0.29, 0.717) is 6.54 Å². The molecule has 0 atom stereocenters. The molecule has 2 aromatic carbocycles. The second-order valence-corrected chi connectivity index (χ2v) is 5.35. The summed E-state index contributed by atoms with van der Waals surface area (Å²) in [5, 5.41) is 6.53. The van der Waals surface area contributed by atoms with E-state index in [9.17, 15) is 4.39 Å². The Morgan fingerprint density at radius 3 is 2.29 bits per heavy atom. The van der Waals surface area contributed by atoms with Crippen LogP contribution in [0.3, 0.4) is 0 Å². The van der Waals surface area contributed by atoms with E-state index in [0.717, 1.165) is 36.8 Å². The van der Waals surface area contributed by atoms with Gasteiger partial charge in [0.15, 0.2) is 5.96 Å². The topological polar surface area (TPSA) is 45.7 Å². The average Bonchev–Trinajstić information content (AvgIpc) is 2.61. The highest BCUT2D eigenvalue weighted by Gasteiger charge is 1.99. The predicted octanol–water partition coefficient (Wildman–Crippen LogP) is 3.13.